The molecule has 226 valence electrons. The summed E-state index contributed by atoms with van der Waals surface area (Å²) in [4.78, 5) is 28.7. The molecule has 0 radical (unpaired) electrons. The fourth-order valence-corrected chi connectivity index (χ4v) is 8.59. The Kier molecular flexibility index (Phi) is 6.60. The van der Waals surface area contributed by atoms with Gasteiger partial charge in [0.15, 0.2) is 0 Å². The first-order chi connectivity index (χ1) is 21.5. The van der Waals surface area contributed by atoms with Gasteiger partial charge in [-0.25, -0.2) is 4.39 Å². The zero-order valence-electron chi connectivity index (χ0n) is 25.0. The molecule has 8 nitrogen and oxygen atoms in total. The molecule has 1 aromatic heterocycles. The Labute approximate surface area is 257 Å². The maximum absolute atomic E-state index is 16.2. The zero-order chi connectivity index (χ0) is 30.0. The van der Waals surface area contributed by atoms with Crippen LogP contribution in [0.25, 0.3) is 22.0 Å². The van der Waals surface area contributed by atoms with Crippen molar-refractivity contribution < 1.29 is 13.9 Å². The van der Waals surface area contributed by atoms with Crippen molar-refractivity contribution in [1.29, 1.82) is 5.26 Å². The second kappa shape index (κ2) is 10.6. The highest BCUT2D eigenvalue weighted by Crippen LogP contribution is 2.58. The molecule has 5 aliphatic rings. The summed E-state index contributed by atoms with van der Waals surface area (Å²) >= 11 is 0. The summed E-state index contributed by atoms with van der Waals surface area (Å²) in [5.41, 5.74) is 4.84. The van der Waals surface area contributed by atoms with Crippen LogP contribution in [-0.2, 0) is 11.2 Å². The summed E-state index contributed by atoms with van der Waals surface area (Å²) < 4.78 is 22.6. The van der Waals surface area contributed by atoms with Crippen LogP contribution in [0.5, 0.6) is 6.01 Å². The van der Waals surface area contributed by atoms with Crippen molar-refractivity contribution >= 4 is 22.6 Å². The predicted molar refractivity (Wildman–Crippen MR) is 166 cm³/mol. The van der Waals surface area contributed by atoms with Gasteiger partial charge in [0.05, 0.1) is 29.6 Å². The Morgan fingerprint density at radius 3 is 2.80 bits per heavy atom. The van der Waals surface area contributed by atoms with Crippen LogP contribution in [0.2, 0.25) is 0 Å². The van der Waals surface area contributed by atoms with Crippen molar-refractivity contribution in [2.45, 2.75) is 62.4 Å². The molecular weight excluding hydrogens is 555 g/mol. The summed E-state index contributed by atoms with van der Waals surface area (Å²) in [6, 6.07) is 11.9. The number of ether oxygens (including phenoxy) is 1. The minimum absolute atomic E-state index is 0.0341. The van der Waals surface area contributed by atoms with Gasteiger partial charge >= 0.3 is 6.01 Å². The minimum atomic E-state index is -0.333. The van der Waals surface area contributed by atoms with Gasteiger partial charge in [-0.3, -0.25) is 9.69 Å². The summed E-state index contributed by atoms with van der Waals surface area (Å²) in [6.45, 7) is 7.67. The topological polar surface area (TPSA) is 85.6 Å². The number of hydrogen-bond donors (Lipinski definition) is 0. The number of anilines is 1. The number of hydrogen-bond acceptors (Lipinski definition) is 7. The molecule has 3 saturated heterocycles. The molecule has 0 spiro atoms. The van der Waals surface area contributed by atoms with Crippen molar-refractivity contribution in [2.24, 2.45) is 5.92 Å². The van der Waals surface area contributed by atoms with E-state index >= 15 is 4.39 Å². The van der Waals surface area contributed by atoms with Gasteiger partial charge in [0, 0.05) is 30.6 Å². The zero-order valence-corrected chi connectivity index (χ0v) is 25.0. The van der Waals surface area contributed by atoms with E-state index in [-0.39, 0.29) is 29.7 Å². The number of nitrogens with zero attached hydrogens (tertiary/aromatic N) is 6. The highest BCUT2D eigenvalue weighted by molar-refractivity contribution is 5.94. The lowest BCUT2D eigenvalue weighted by atomic mass is 9.93. The fourth-order valence-electron chi connectivity index (χ4n) is 8.59. The van der Waals surface area contributed by atoms with E-state index in [1.807, 2.05) is 18.2 Å². The molecule has 1 unspecified atom stereocenters. The molecule has 4 fully saturated rings. The largest absolute Gasteiger partial charge is 0.461 e. The van der Waals surface area contributed by atoms with Crippen LogP contribution < -0.4 is 9.64 Å². The maximum Gasteiger partial charge on any atom is 0.319 e. The summed E-state index contributed by atoms with van der Waals surface area (Å²) in [6.07, 6.45) is 8.31. The maximum atomic E-state index is 16.2. The monoisotopic (exact) mass is 592 g/mol. The van der Waals surface area contributed by atoms with Crippen LogP contribution in [0.4, 0.5) is 10.2 Å². The molecule has 2 aromatic carbocycles. The van der Waals surface area contributed by atoms with Crippen LogP contribution >= 0.6 is 0 Å². The van der Waals surface area contributed by atoms with Crippen molar-refractivity contribution in [1.82, 2.24) is 19.8 Å². The van der Waals surface area contributed by atoms with Crippen LogP contribution in [-0.4, -0.2) is 76.6 Å². The van der Waals surface area contributed by atoms with Gasteiger partial charge in [0.25, 0.3) is 0 Å². The van der Waals surface area contributed by atoms with Crippen LogP contribution in [0.1, 0.15) is 55.6 Å². The quantitative estimate of drug-likeness (QED) is 0.348. The van der Waals surface area contributed by atoms with Crippen molar-refractivity contribution in [2.75, 3.05) is 44.2 Å². The molecule has 3 aromatic rings. The number of nitriles is 1. The highest BCUT2D eigenvalue weighted by Gasteiger charge is 2.47. The van der Waals surface area contributed by atoms with Gasteiger partial charge in [-0.15, -0.1) is 0 Å². The molecule has 4 heterocycles. The minimum Gasteiger partial charge on any atom is -0.461 e. The van der Waals surface area contributed by atoms with Crippen LogP contribution in [0, 0.1) is 23.1 Å². The van der Waals surface area contributed by atoms with Gasteiger partial charge in [-0.2, -0.15) is 15.2 Å². The number of halogens is 1. The third-order valence-electron chi connectivity index (χ3n) is 10.9. The normalized spacial score (nSPS) is 25.0. The lowest BCUT2D eigenvalue weighted by molar-refractivity contribution is -0.128. The predicted octanol–water partition coefficient (Wildman–Crippen LogP) is 5.22. The van der Waals surface area contributed by atoms with E-state index in [0.717, 1.165) is 37.9 Å². The van der Waals surface area contributed by atoms with Crippen molar-refractivity contribution in [3.05, 3.63) is 59.9 Å². The molecule has 0 bridgehead atoms. The van der Waals surface area contributed by atoms with Gasteiger partial charge in [0.2, 0.25) is 5.91 Å². The first-order valence-corrected chi connectivity index (χ1v) is 16.0. The van der Waals surface area contributed by atoms with Crippen molar-refractivity contribution in [3.63, 3.8) is 0 Å². The fraction of sp³-hybridized carbons (Fsp3) is 0.486. The smallest absolute Gasteiger partial charge is 0.319 e. The Bertz CT molecular complexity index is 1710. The average molecular weight is 593 g/mol. The Morgan fingerprint density at radius 2 is 2.00 bits per heavy atom. The molecule has 3 aliphatic heterocycles. The third kappa shape index (κ3) is 4.45. The first-order valence-electron chi connectivity index (χ1n) is 16.0. The molecule has 1 amide bonds. The van der Waals surface area contributed by atoms with E-state index in [9.17, 15) is 10.1 Å². The summed E-state index contributed by atoms with van der Waals surface area (Å²) in [5, 5.41) is 10.2. The Hall–Kier alpha value is -4.03. The van der Waals surface area contributed by atoms with Gasteiger partial charge in [0.1, 0.15) is 18.2 Å². The number of rotatable bonds is 7. The first kappa shape index (κ1) is 27.5. The van der Waals surface area contributed by atoms with Crippen LogP contribution in [0.3, 0.4) is 0 Å². The average Bonchev–Trinajstić information content (AvgIpc) is 3.32. The lowest BCUT2D eigenvalue weighted by Gasteiger charge is -2.41. The van der Waals surface area contributed by atoms with E-state index in [1.54, 1.807) is 11.0 Å². The second-order valence-electron chi connectivity index (χ2n) is 13.3. The van der Waals surface area contributed by atoms with E-state index in [4.69, 9.17) is 14.7 Å². The third-order valence-corrected chi connectivity index (χ3v) is 10.9. The molecule has 44 heavy (non-hydrogen) atoms. The van der Waals surface area contributed by atoms with E-state index < -0.39 is 0 Å². The standard InChI is InChI=1S/C35H37FN6O2/c1-2-31(43)42-15-14-40(20-24(42)8-11-37)33-28-18-29(36)27(25-7-3-6-22-16-23-17-26(23)32(22)25)19-30(28)38-34(39-33)44-21-35-9-4-12-41(35)13-5-10-35/h2-3,6-7,18-19,23-24,26H,1,4-5,8-10,12-17,20-21H2/t23?,24-,26+/m0/s1. The highest BCUT2D eigenvalue weighted by atomic mass is 19.1. The van der Waals surface area contributed by atoms with Gasteiger partial charge in [-0.05, 0) is 98.3 Å². The Balaban J connectivity index is 1.20. The SMILES string of the molecule is C=CC(=O)N1CCN(c2nc(OCC34CCCN3CCC4)nc3cc(-c4cccc5c4[C@@H]4CC4C5)c(F)cc23)C[C@@H]1CC#N. The molecule has 9 heteroatoms. The molecular formula is C35H37FN6O2. The van der Waals surface area contributed by atoms with Gasteiger partial charge in [-0.1, -0.05) is 24.8 Å². The van der Waals surface area contributed by atoms with E-state index in [1.165, 1.54) is 36.5 Å². The molecule has 0 N–H and O–H groups in total. The summed E-state index contributed by atoms with van der Waals surface area (Å²) in [7, 11) is 0. The van der Waals surface area contributed by atoms with Gasteiger partial charge < -0.3 is 14.5 Å². The van der Waals surface area contributed by atoms with Crippen molar-refractivity contribution in [3.8, 4) is 23.2 Å². The number of fused-ring (bicyclic) bond motifs is 5. The van der Waals surface area contributed by atoms with Crippen LogP contribution in [0.15, 0.2) is 43.0 Å². The molecule has 8 rings (SSSR count). The molecule has 2 aliphatic carbocycles. The molecule has 1 saturated carbocycles. The number of piperazine rings is 1. The van der Waals surface area contributed by atoms with E-state index in [2.05, 4.69) is 28.5 Å². The van der Waals surface area contributed by atoms with E-state index in [0.29, 0.717) is 66.4 Å². The number of benzene rings is 2. The lowest BCUT2D eigenvalue weighted by Crippen LogP contribution is -2.55. The number of carbonyl (C=O) groups excluding carboxylic acids is 1. The number of aromatic nitrogens is 2. The summed E-state index contributed by atoms with van der Waals surface area (Å²) in [5.74, 6) is 1.32. The second-order valence-corrected chi connectivity index (χ2v) is 13.3. The molecule has 3 atom stereocenters. The number of carbonyl (C=O) groups is 1. The number of amides is 1. The Morgan fingerprint density at radius 1 is 1.16 bits per heavy atom.